The van der Waals surface area contributed by atoms with E-state index in [9.17, 15) is 27.6 Å². The summed E-state index contributed by atoms with van der Waals surface area (Å²) in [6.45, 7) is 13.2. The summed E-state index contributed by atoms with van der Waals surface area (Å²) in [5, 5.41) is 4.22. The van der Waals surface area contributed by atoms with Crippen molar-refractivity contribution in [3.63, 3.8) is 0 Å². The maximum Gasteiger partial charge on any atom is 0.410 e. The van der Waals surface area contributed by atoms with Gasteiger partial charge in [0, 0.05) is 78.3 Å². The van der Waals surface area contributed by atoms with E-state index >= 15 is 13.2 Å². The summed E-state index contributed by atoms with van der Waals surface area (Å²) in [4.78, 5) is 56.2. The average molecular weight is 1310 g/mol. The number of hydrogen-bond donors (Lipinski definition) is 1. The first-order valence-corrected chi connectivity index (χ1v) is 33.0. The largest absolute Gasteiger partial charge is 0.445 e. The van der Waals surface area contributed by atoms with Gasteiger partial charge in [0.1, 0.15) is 64.9 Å². The highest BCUT2D eigenvalue weighted by Crippen LogP contribution is 2.46. The number of alkyl halides is 2. The Morgan fingerprint density at radius 2 is 1.03 bits per heavy atom. The van der Waals surface area contributed by atoms with Crippen LogP contribution in [-0.2, 0) is 45.1 Å². The molecule has 20 heteroatoms. The van der Waals surface area contributed by atoms with E-state index in [0.29, 0.717) is 48.1 Å². The standard InChI is InChI=1S/C39H42F3N3O4S.C34H36F3N3O2S/c1-39(2,3)35(34-33(19-25-11-6-4-7-12-25)50-36(43-34)29-20-28(40)16-17-30(29)41)45(37(46)32-15-10-18-48-32)22-27-21-44(23-31(27)42)38(47)49-24-26-13-8-5-9-14-26;1-34(2,3)31(38-18-24-19-40(20-28(24)37)33(41)42-21-23-12-8-5-9-13-23)30-29(16-22-10-6-4-7-11-22)43-32(39-30)26-17-25(35)14-15-27(26)36/h4-9,11-14,16-17,20,27,31-32,35H,10,15,18-19,21-24H2,1-3H3;4-15,17,24,28,31,38H,16,18-21H2,1-3H3/t27-,31-,32?,35-;24-,28+,31+/m01/s1. The Labute approximate surface area is 548 Å². The molecule has 11 rings (SSSR count). The number of aromatic nitrogens is 2. The van der Waals surface area contributed by atoms with Gasteiger partial charge in [-0.05, 0) is 82.3 Å². The van der Waals surface area contributed by atoms with Gasteiger partial charge in [0.25, 0.3) is 5.91 Å². The number of benzene rings is 6. The minimum absolute atomic E-state index is 0.00374. The number of ether oxygens (including phenoxy) is 3. The maximum atomic E-state index is 15.9. The Balaban J connectivity index is 0.000000206. The molecule has 0 radical (unpaired) electrons. The summed E-state index contributed by atoms with van der Waals surface area (Å²) in [6, 6.07) is 43.9. The summed E-state index contributed by atoms with van der Waals surface area (Å²) in [5.41, 5.74) is 4.17. The second-order valence-corrected chi connectivity index (χ2v) is 28.3. The first-order chi connectivity index (χ1) is 44.6. The van der Waals surface area contributed by atoms with Crippen LogP contribution in [-0.4, -0.2) is 107 Å². The third-order valence-electron chi connectivity index (χ3n) is 16.9. The van der Waals surface area contributed by atoms with Crippen molar-refractivity contribution in [1.29, 1.82) is 0 Å². The summed E-state index contributed by atoms with van der Waals surface area (Å²) >= 11 is 2.60. The summed E-state index contributed by atoms with van der Waals surface area (Å²) < 4.78 is 106. The predicted octanol–water partition coefficient (Wildman–Crippen LogP) is 16.3. The van der Waals surface area contributed by atoms with Crippen LogP contribution in [0.5, 0.6) is 0 Å². The van der Waals surface area contributed by atoms with Crippen molar-refractivity contribution < 1.29 is 54.9 Å². The molecular formula is C73H78F6N6O6S2. The van der Waals surface area contributed by atoms with Gasteiger partial charge in [0.05, 0.1) is 36.6 Å². The lowest BCUT2D eigenvalue weighted by atomic mass is 9.81. The lowest BCUT2D eigenvalue weighted by molar-refractivity contribution is -0.147. The van der Waals surface area contributed by atoms with E-state index in [-0.39, 0.29) is 74.4 Å². The molecule has 7 atom stereocenters. The molecule has 3 amide bonds. The third-order valence-corrected chi connectivity index (χ3v) is 19.1. The van der Waals surface area contributed by atoms with Gasteiger partial charge in [-0.1, -0.05) is 163 Å². The fraction of sp³-hybridized carbons (Fsp3) is 0.384. The number of hydrogen-bond acceptors (Lipinski definition) is 11. The van der Waals surface area contributed by atoms with Crippen molar-refractivity contribution in [2.45, 2.75) is 111 Å². The van der Waals surface area contributed by atoms with Gasteiger partial charge in [-0.2, -0.15) is 0 Å². The fourth-order valence-electron chi connectivity index (χ4n) is 12.1. The molecular weight excluding hydrogens is 1230 g/mol. The smallest absolute Gasteiger partial charge is 0.410 e. The second-order valence-electron chi connectivity index (χ2n) is 26.1. The summed E-state index contributed by atoms with van der Waals surface area (Å²) in [7, 11) is 0. The molecule has 3 saturated heterocycles. The zero-order valence-electron chi connectivity index (χ0n) is 53.0. The minimum Gasteiger partial charge on any atom is -0.445 e. The van der Waals surface area contributed by atoms with Crippen LogP contribution < -0.4 is 5.32 Å². The van der Waals surface area contributed by atoms with Gasteiger partial charge in [-0.3, -0.25) is 4.79 Å². The van der Waals surface area contributed by atoms with Crippen LogP contribution in [0.2, 0.25) is 0 Å². The molecule has 0 aliphatic carbocycles. The Kier molecular flexibility index (Phi) is 22.2. The number of rotatable bonds is 19. The van der Waals surface area contributed by atoms with Crippen molar-refractivity contribution in [1.82, 2.24) is 30.0 Å². The molecule has 0 saturated carbocycles. The van der Waals surface area contributed by atoms with E-state index in [1.54, 1.807) is 4.90 Å². The first-order valence-electron chi connectivity index (χ1n) is 31.4. The van der Waals surface area contributed by atoms with E-state index in [4.69, 9.17) is 24.2 Å². The van der Waals surface area contributed by atoms with Gasteiger partial charge in [0.15, 0.2) is 0 Å². The Morgan fingerprint density at radius 1 is 0.591 bits per heavy atom. The average Bonchev–Trinajstić information content (AvgIpc) is 1.68. The number of likely N-dealkylation sites (tertiary alicyclic amines) is 2. The number of carbonyl (C=O) groups excluding carboxylic acids is 3. The second kappa shape index (κ2) is 30.4. The number of carbonyl (C=O) groups is 3. The Bertz CT molecular complexity index is 3790. The fourth-order valence-corrected chi connectivity index (χ4v) is 14.4. The summed E-state index contributed by atoms with van der Waals surface area (Å²) in [6.07, 6.45) is -2.22. The van der Waals surface area contributed by atoms with Crippen molar-refractivity contribution in [2.75, 3.05) is 45.9 Å². The highest BCUT2D eigenvalue weighted by atomic mass is 32.1. The van der Waals surface area contributed by atoms with Crippen LogP contribution >= 0.6 is 22.7 Å². The van der Waals surface area contributed by atoms with Gasteiger partial charge in [0.2, 0.25) is 0 Å². The quantitative estimate of drug-likeness (QED) is 0.0788. The molecule has 2 aromatic heterocycles. The molecule has 12 nitrogen and oxygen atoms in total. The zero-order valence-corrected chi connectivity index (χ0v) is 54.6. The van der Waals surface area contributed by atoms with Crippen LogP contribution in [0.25, 0.3) is 21.1 Å². The number of thiazole rings is 2. The molecule has 490 valence electrons. The molecule has 1 unspecified atom stereocenters. The van der Waals surface area contributed by atoms with Gasteiger partial charge in [-0.15, -0.1) is 22.7 Å². The SMILES string of the molecule is CC(C)(C)[C@@H](NC[C@@H]1CN(C(=O)OCc2ccccc2)C[C@@H]1F)c1nc(-c2cc(F)ccc2F)sc1Cc1ccccc1.CC(C)(C)[C@H](c1nc(-c2cc(F)ccc2F)sc1Cc1ccccc1)N(C[C@@H]1CN(C(=O)OCc2ccccc2)C[C@@H]1F)C(=O)C1CCCO1. The number of nitrogens with one attached hydrogen (secondary N) is 1. The van der Waals surface area contributed by atoms with Crippen molar-refractivity contribution >= 4 is 40.8 Å². The van der Waals surface area contributed by atoms with Crippen molar-refractivity contribution in [3.8, 4) is 21.1 Å². The number of nitrogens with zero attached hydrogens (tertiary/aromatic N) is 5. The normalized spacial score (nSPS) is 18.8. The minimum atomic E-state index is -1.41. The van der Waals surface area contributed by atoms with Gasteiger partial charge >= 0.3 is 12.2 Å². The van der Waals surface area contributed by atoms with Crippen LogP contribution in [0.15, 0.2) is 158 Å². The highest BCUT2D eigenvalue weighted by Gasteiger charge is 2.46. The van der Waals surface area contributed by atoms with Crippen LogP contribution in [0.1, 0.15) is 110 Å². The predicted molar refractivity (Wildman–Crippen MR) is 350 cm³/mol. The zero-order chi connectivity index (χ0) is 66.0. The monoisotopic (exact) mass is 1310 g/mol. The molecule has 3 aliphatic rings. The van der Waals surface area contributed by atoms with E-state index in [0.717, 1.165) is 74.5 Å². The lowest BCUT2D eigenvalue weighted by Crippen LogP contribution is -2.49. The molecule has 1 N–H and O–H groups in total. The first kappa shape index (κ1) is 68.0. The van der Waals surface area contributed by atoms with Crippen LogP contribution in [0, 0.1) is 45.9 Å². The molecule has 8 aromatic rings. The third kappa shape index (κ3) is 17.5. The van der Waals surface area contributed by atoms with Gasteiger partial charge < -0.3 is 34.2 Å². The van der Waals surface area contributed by atoms with Crippen molar-refractivity contribution in [2.24, 2.45) is 22.7 Å². The number of halogens is 6. The Hall–Kier alpha value is -7.91. The molecule has 93 heavy (non-hydrogen) atoms. The molecule has 0 bridgehead atoms. The number of amides is 3. The molecule has 6 aromatic carbocycles. The van der Waals surface area contributed by atoms with Crippen LogP contribution in [0.3, 0.4) is 0 Å². The Morgan fingerprint density at radius 3 is 1.48 bits per heavy atom. The van der Waals surface area contributed by atoms with E-state index in [1.807, 2.05) is 142 Å². The molecule has 3 fully saturated rings. The van der Waals surface area contributed by atoms with E-state index in [1.165, 1.54) is 38.5 Å². The molecule has 3 aliphatic heterocycles. The van der Waals surface area contributed by atoms with Gasteiger partial charge in [-0.25, -0.2) is 45.9 Å². The maximum absolute atomic E-state index is 15.9. The highest BCUT2D eigenvalue weighted by molar-refractivity contribution is 7.15. The molecule has 5 heterocycles. The van der Waals surface area contributed by atoms with Crippen molar-refractivity contribution in [3.05, 3.63) is 224 Å². The molecule has 0 spiro atoms. The van der Waals surface area contributed by atoms with Crippen LogP contribution in [0.4, 0.5) is 35.9 Å². The topological polar surface area (TPSA) is 126 Å². The van der Waals surface area contributed by atoms with E-state index in [2.05, 4.69) is 26.1 Å². The van der Waals surface area contributed by atoms with E-state index < -0.39 is 77.2 Å². The summed E-state index contributed by atoms with van der Waals surface area (Å²) in [5.74, 6) is -3.70. The lowest BCUT2D eigenvalue weighted by Gasteiger charge is -2.42.